The average molecular weight is 260 g/mol. The first kappa shape index (κ1) is 14.5. The number of nitrogens with zero attached hydrogens (tertiary/aromatic N) is 1. The lowest BCUT2D eigenvalue weighted by molar-refractivity contribution is 0.139. The predicted molar refractivity (Wildman–Crippen MR) is 80.8 cm³/mol. The Morgan fingerprint density at radius 3 is 2.26 bits per heavy atom. The SMILES string of the molecule is CC(C)(C)C1CCC(C(N)Cc2ccncc2)CC1. The number of nitrogens with two attached hydrogens (primary N) is 1. The summed E-state index contributed by atoms with van der Waals surface area (Å²) in [7, 11) is 0. The van der Waals surface area contributed by atoms with Gasteiger partial charge in [0.05, 0.1) is 0 Å². The molecule has 1 aromatic heterocycles. The molecule has 1 aliphatic rings. The topological polar surface area (TPSA) is 38.9 Å². The van der Waals surface area contributed by atoms with Crippen LogP contribution in [0.1, 0.15) is 52.0 Å². The van der Waals surface area contributed by atoms with Gasteiger partial charge < -0.3 is 5.73 Å². The first-order chi connectivity index (χ1) is 8.97. The lowest BCUT2D eigenvalue weighted by atomic mass is 9.68. The number of rotatable bonds is 3. The first-order valence-electron chi connectivity index (χ1n) is 7.61. The number of hydrogen-bond acceptors (Lipinski definition) is 2. The van der Waals surface area contributed by atoms with E-state index in [4.69, 9.17) is 5.73 Å². The molecule has 0 aliphatic heterocycles. The highest BCUT2D eigenvalue weighted by atomic mass is 14.7. The molecule has 2 N–H and O–H groups in total. The molecule has 1 aliphatic carbocycles. The van der Waals surface area contributed by atoms with Crippen LogP contribution in [0.4, 0.5) is 0 Å². The lowest BCUT2D eigenvalue weighted by Gasteiger charge is -2.38. The van der Waals surface area contributed by atoms with Crippen LogP contribution in [0.3, 0.4) is 0 Å². The third-order valence-electron chi connectivity index (χ3n) is 4.82. The number of aromatic nitrogens is 1. The Hall–Kier alpha value is -0.890. The van der Waals surface area contributed by atoms with E-state index in [1.165, 1.54) is 31.2 Å². The number of pyridine rings is 1. The molecule has 2 heteroatoms. The van der Waals surface area contributed by atoms with Crippen molar-refractivity contribution in [3.8, 4) is 0 Å². The molecule has 2 nitrogen and oxygen atoms in total. The third-order valence-corrected chi connectivity index (χ3v) is 4.82. The maximum Gasteiger partial charge on any atom is 0.0270 e. The average Bonchev–Trinajstić information content (AvgIpc) is 2.39. The van der Waals surface area contributed by atoms with Gasteiger partial charge in [-0.05, 0) is 67.1 Å². The van der Waals surface area contributed by atoms with E-state index in [1.807, 2.05) is 12.4 Å². The summed E-state index contributed by atoms with van der Waals surface area (Å²) in [6, 6.07) is 4.48. The molecule has 2 rings (SSSR count). The van der Waals surface area contributed by atoms with Gasteiger partial charge in [0, 0.05) is 18.4 Å². The summed E-state index contributed by atoms with van der Waals surface area (Å²) < 4.78 is 0. The smallest absolute Gasteiger partial charge is 0.0270 e. The fourth-order valence-electron chi connectivity index (χ4n) is 3.37. The van der Waals surface area contributed by atoms with E-state index >= 15 is 0 Å². The standard InChI is InChI=1S/C17H28N2/c1-17(2,3)15-6-4-14(5-7-15)16(18)12-13-8-10-19-11-9-13/h8-11,14-16H,4-7,12,18H2,1-3H3. The van der Waals surface area contributed by atoms with E-state index in [-0.39, 0.29) is 0 Å². The van der Waals surface area contributed by atoms with Gasteiger partial charge in [0.2, 0.25) is 0 Å². The van der Waals surface area contributed by atoms with Gasteiger partial charge in [-0.3, -0.25) is 4.98 Å². The van der Waals surface area contributed by atoms with Gasteiger partial charge in [0.1, 0.15) is 0 Å². The van der Waals surface area contributed by atoms with Crippen molar-refractivity contribution in [2.45, 2.75) is 58.9 Å². The normalized spacial score (nSPS) is 26.1. The molecule has 1 saturated carbocycles. The van der Waals surface area contributed by atoms with Crippen LogP contribution in [-0.4, -0.2) is 11.0 Å². The van der Waals surface area contributed by atoms with E-state index in [0.29, 0.717) is 17.4 Å². The molecule has 0 saturated heterocycles. The van der Waals surface area contributed by atoms with Crippen molar-refractivity contribution in [3.05, 3.63) is 30.1 Å². The van der Waals surface area contributed by atoms with Crippen LogP contribution in [0.15, 0.2) is 24.5 Å². The molecule has 1 aromatic rings. The molecular formula is C17H28N2. The summed E-state index contributed by atoms with van der Waals surface area (Å²) in [6.45, 7) is 7.11. The molecule has 19 heavy (non-hydrogen) atoms. The Bertz CT molecular complexity index is 372. The molecular weight excluding hydrogens is 232 g/mol. The second kappa shape index (κ2) is 6.04. The van der Waals surface area contributed by atoms with Gasteiger partial charge in [0.25, 0.3) is 0 Å². The quantitative estimate of drug-likeness (QED) is 0.897. The fourth-order valence-corrected chi connectivity index (χ4v) is 3.37. The summed E-state index contributed by atoms with van der Waals surface area (Å²) in [5.74, 6) is 1.57. The Balaban J connectivity index is 1.84. The Kier molecular flexibility index (Phi) is 4.62. The molecule has 1 heterocycles. The summed E-state index contributed by atoms with van der Waals surface area (Å²) in [4.78, 5) is 4.06. The van der Waals surface area contributed by atoms with Crippen molar-refractivity contribution in [2.75, 3.05) is 0 Å². The van der Waals surface area contributed by atoms with Gasteiger partial charge in [-0.2, -0.15) is 0 Å². The van der Waals surface area contributed by atoms with Crippen LogP contribution in [0.25, 0.3) is 0 Å². The Morgan fingerprint density at radius 1 is 1.16 bits per heavy atom. The molecule has 0 bridgehead atoms. The minimum Gasteiger partial charge on any atom is -0.327 e. The van der Waals surface area contributed by atoms with Crippen molar-refractivity contribution < 1.29 is 0 Å². The molecule has 1 unspecified atom stereocenters. The Labute approximate surface area is 117 Å². The van der Waals surface area contributed by atoms with Crippen molar-refractivity contribution >= 4 is 0 Å². The maximum atomic E-state index is 6.41. The minimum absolute atomic E-state index is 0.309. The van der Waals surface area contributed by atoms with Gasteiger partial charge in [-0.15, -0.1) is 0 Å². The van der Waals surface area contributed by atoms with Crippen LogP contribution in [0.5, 0.6) is 0 Å². The molecule has 0 spiro atoms. The predicted octanol–water partition coefficient (Wildman–Crippen LogP) is 3.80. The van der Waals surface area contributed by atoms with Gasteiger partial charge in [0.15, 0.2) is 0 Å². The van der Waals surface area contributed by atoms with Gasteiger partial charge in [-0.25, -0.2) is 0 Å². The molecule has 0 amide bonds. The third kappa shape index (κ3) is 4.04. The van der Waals surface area contributed by atoms with E-state index < -0.39 is 0 Å². The zero-order valence-corrected chi connectivity index (χ0v) is 12.6. The lowest BCUT2D eigenvalue weighted by Crippen LogP contribution is -2.36. The van der Waals surface area contributed by atoms with Crippen molar-refractivity contribution in [1.82, 2.24) is 4.98 Å². The molecule has 1 fully saturated rings. The highest BCUT2D eigenvalue weighted by Gasteiger charge is 2.31. The first-order valence-corrected chi connectivity index (χ1v) is 7.61. The summed E-state index contributed by atoms with van der Waals surface area (Å²) in [5, 5.41) is 0. The van der Waals surface area contributed by atoms with Gasteiger partial charge in [-0.1, -0.05) is 20.8 Å². The highest BCUT2D eigenvalue weighted by molar-refractivity contribution is 5.11. The van der Waals surface area contributed by atoms with Crippen LogP contribution in [0.2, 0.25) is 0 Å². The van der Waals surface area contributed by atoms with Crippen molar-refractivity contribution in [2.24, 2.45) is 23.0 Å². The van der Waals surface area contributed by atoms with Crippen molar-refractivity contribution in [3.63, 3.8) is 0 Å². The zero-order valence-electron chi connectivity index (χ0n) is 12.6. The van der Waals surface area contributed by atoms with Crippen LogP contribution in [0, 0.1) is 17.3 Å². The molecule has 1 atom stereocenters. The summed E-state index contributed by atoms with van der Waals surface area (Å²) in [5.41, 5.74) is 8.19. The fraction of sp³-hybridized carbons (Fsp3) is 0.706. The summed E-state index contributed by atoms with van der Waals surface area (Å²) >= 11 is 0. The molecule has 0 radical (unpaired) electrons. The summed E-state index contributed by atoms with van der Waals surface area (Å²) in [6.07, 6.45) is 10.0. The number of hydrogen-bond donors (Lipinski definition) is 1. The monoisotopic (exact) mass is 260 g/mol. The molecule has 0 aromatic carbocycles. The van der Waals surface area contributed by atoms with Crippen LogP contribution < -0.4 is 5.73 Å². The highest BCUT2D eigenvalue weighted by Crippen LogP contribution is 2.40. The van der Waals surface area contributed by atoms with Crippen LogP contribution in [-0.2, 0) is 6.42 Å². The van der Waals surface area contributed by atoms with E-state index in [0.717, 1.165) is 12.3 Å². The largest absolute Gasteiger partial charge is 0.327 e. The zero-order chi connectivity index (χ0) is 13.9. The van der Waals surface area contributed by atoms with E-state index in [2.05, 4.69) is 37.9 Å². The van der Waals surface area contributed by atoms with E-state index in [1.54, 1.807) is 0 Å². The maximum absolute atomic E-state index is 6.41. The second-order valence-electron chi connectivity index (χ2n) is 7.20. The second-order valence-corrected chi connectivity index (χ2v) is 7.20. The van der Waals surface area contributed by atoms with Crippen LogP contribution >= 0.6 is 0 Å². The Morgan fingerprint density at radius 2 is 1.74 bits per heavy atom. The van der Waals surface area contributed by atoms with Crippen molar-refractivity contribution in [1.29, 1.82) is 0 Å². The minimum atomic E-state index is 0.309. The van der Waals surface area contributed by atoms with Gasteiger partial charge >= 0.3 is 0 Å². The van der Waals surface area contributed by atoms with E-state index in [9.17, 15) is 0 Å². The molecule has 106 valence electrons.